The summed E-state index contributed by atoms with van der Waals surface area (Å²) in [5.41, 5.74) is 6.76. The lowest BCUT2D eigenvalue weighted by atomic mass is 9.90. The molecule has 2 rings (SSSR count). The first-order chi connectivity index (χ1) is 9.69. The third kappa shape index (κ3) is 4.15. The van der Waals surface area contributed by atoms with Gasteiger partial charge in [-0.25, -0.2) is 4.79 Å². The second-order valence-electron chi connectivity index (χ2n) is 5.33. The standard InChI is InChI=1S/C16H23NO3/c1-2-19-15-9-13(8-14(17)10-15)16(18)20-11-12-6-4-3-5-7-12/h8-10,12H,2-7,11,17H2,1H3. The van der Waals surface area contributed by atoms with Crippen molar-refractivity contribution >= 4 is 11.7 Å². The van der Waals surface area contributed by atoms with E-state index in [0.29, 0.717) is 36.1 Å². The van der Waals surface area contributed by atoms with Gasteiger partial charge in [-0.2, -0.15) is 0 Å². The number of rotatable bonds is 5. The van der Waals surface area contributed by atoms with Crippen LogP contribution in [0.25, 0.3) is 0 Å². The molecule has 0 unspecified atom stereocenters. The van der Waals surface area contributed by atoms with Crippen LogP contribution in [0.4, 0.5) is 5.69 Å². The molecule has 1 aliphatic carbocycles. The van der Waals surface area contributed by atoms with Crippen LogP contribution in [-0.2, 0) is 4.74 Å². The molecule has 0 atom stereocenters. The van der Waals surface area contributed by atoms with Gasteiger partial charge in [0.2, 0.25) is 0 Å². The van der Waals surface area contributed by atoms with Gasteiger partial charge in [-0.1, -0.05) is 19.3 Å². The number of carbonyl (C=O) groups is 1. The Bertz CT molecular complexity index is 453. The Kier molecular flexibility index (Phi) is 5.27. The molecule has 110 valence electrons. The van der Waals surface area contributed by atoms with Crippen molar-refractivity contribution in [3.63, 3.8) is 0 Å². The van der Waals surface area contributed by atoms with Crippen LogP contribution in [0.3, 0.4) is 0 Å². The lowest BCUT2D eigenvalue weighted by Crippen LogP contribution is -2.17. The third-order valence-corrected chi connectivity index (χ3v) is 3.65. The molecule has 20 heavy (non-hydrogen) atoms. The molecule has 0 spiro atoms. The Morgan fingerprint density at radius 1 is 1.25 bits per heavy atom. The maximum atomic E-state index is 12.1. The molecule has 1 fully saturated rings. The van der Waals surface area contributed by atoms with Crippen LogP contribution in [0, 0.1) is 5.92 Å². The fourth-order valence-corrected chi connectivity index (χ4v) is 2.62. The van der Waals surface area contributed by atoms with Crippen molar-refractivity contribution in [1.82, 2.24) is 0 Å². The molecule has 0 bridgehead atoms. The van der Waals surface area contributed by atoms with E-state index in [9.17, 15) is 4.79 Å². The zero-order chi connectivity index (χ0) is 14.4. The van der Waals surface area contributed by atoms with Crippen LogP contribution in [-0.4, -0.2) is 19.2 Å². The van der Waals surface area contributed by atoms with Gasteiger partial charge >= 0.3 is 5.97 Å². The summed E-state index contributed by atoms with van der Waals surface area (Å²) in [5.74, 6) is 0.807. The van der Waals surface area contributed by atoms with Crippen LogP contribution in [0.15, 0.2) is 18.2 Å². The van der Waals surface area contributed by atoms with Crippen molar-refractivity contribution in [1.29, 1.82) is 0 Å². The van der Waals surface area contributed by atoms with Crippen LogP contribution in [0.2, 0.25) is 0 Å². The summed E-state index contributed by atoms with van der Waals surface area (Å²) < 4.78 is 10.8. The minimum absolute atomic E-state index is 0.316. The zero-order valence-corrected chi connectivity index (χ0v) is 12.1. The van der Waals surface area contributed by atoms with Crippen molar-refractivity contribution in [2.75, 3.05) is 18.9 Å². The topological polar surface area (TPSA) is 61.5 Å². The number of nitrogen functional groups attached to an aromatic ring is 1. The molecule has 0 radical (unpaired) electrons. The average Bonchev–Trinajstić information content (AvgIpc) is 2.45. The molecule has 1 saturated carbocycles. The van der Waals surface area contributed by atoms with E-state index in [1.165, 1.54) is 19.3 Å². The number of nitrogens with two attached hydrogens (primary N) is 1. The minimum Gasteiger partial charge on any atom is -0.494 e. The third-order valence-electron chi connectivity index (χ3n) is 3.65. The molecule has 0 aromatic heterocycles. The second-order valence-corrected chi connectivity index (χ2v) is 5.33. The Labute approximate surface area is 120 Å². The molecular formula is C16H23NO3. The molecule has 1 aromatic rings. The van der Waals surface area contributed by atoms with Crippen molar-refractivity contribution in [3.8, 4) is 5.75 Å². The van der Waals surface area contributed by atoms with Gasteiger partial charge in [-0.05, 0) is 37.8 Å². The van der Waals surface area contributed by atoms with Gasteiger partial charge in [-0.15, -0.1) is 0 Å². The smallest absolute Gasteiger partial charge is 0.338 e. The highest BCUT2D eigenvalue weighted by molar-refractivity contribution is 5.91. The zero-order valence-electron chi connectivity index (χ0n) is 12.1. The summed E-state index contributed by atoms with van der Waals surface area (Å²) in [5, 5.41) is 0. The van der Waals surface area contributed by atoms with E-state index in [-0.39, 0.29) is 5.97 Å². The number of hydrogen-bond acceptors (Lipinski definition) is 4. The highest BCUT2D eigenvalue weighted by Crippen LogP contribution is 2.24. The largest absolute Gasteiger partial charge is 0.494 e. The Morgan fingerprint density at radius 3 is 2.70 bits per heavy atom. The van der Waals surface area contributed by atoms with Gasteiger partial charge < -0.3 is 15.2 Å². The summed E-state index contributed by atoms with van der Waals surface area (Å²) in [6.45, 7) is 2.95. The lowest BCUT2D eigenvalue weighted by Gasteiger charge is -2.21. The van der Waals surface area contributed by atoms with Crippen LogP contribution in [0.1, 0.15) is 49.4 Å². The van der Waals surface area contributed by atoms with E-state index in [4.69, 9.17) is 15.2 Å². The molecule has 0 saturated heterocycles. The monoisotopic (exact) mass is 277 g/mol. The van der Waals surface area contributed by atoms with Crippen molar-refractivity contribution < 1.29 is 14.3 Å². The van der Waals surface area contributed by atoms with E-state index in [2.05, 4.69) is 0 Å². The highest BCUT2D eigenvalue weighted by Gasteiger charge is 2.17. The first-order valence-corrected chi connectivity index (χ1v) is 7.39. The fourth-order valence-electron chi connectivity index (χ4n) is 2.62. The van der Waals surface area contributed by atoms with Crippen LogP contribution in [0.5, 0.6) is 5.75 Å². The van der Waals surface area contributed by atoms with Gasteiger partial charge in [0.05, 0.1) is 18.8 Å². The maximum Gasteiger partial charge on any atom is 0.338 e. The van der Waals surface area contributed by atoms with Crippen LogP contribution < -0.4 is 10.5 Å². The second kappa shape index (κ2) is 7.17. The molecular weight excluding hydrogens is 254 g/mol. The van der Waals surface area contributed by atoms with E-state index < -0.39 is 0 Å². The predicted molar refractivity (Wildman–Crippen MR) is 78.9 cm³/mol. The fraction of sp³-hybridized carbons (Fsp3) is 0.562. The van der Waals surface area contributed by atoms with E-state index in [1.807, 2.05) is 6.92 Å². The molecule has 2 N–H and O–H groups in total. The predicted octanol–water partition coefficient (Wildman–Crippen LogP) is 3.40. The van der Waals surface area contributed by atoms with E-state index in [0.717, 1.165) is 12.8 Å². The van der Waals surface area contributed by atoms with Gasteiger partial charge in [0.1, 0.15) is 5.75 Å². The maximum absolute atomic E-state index is 12.1. The highest BCUT2D eigenvalue weighted by atomic mass is 16.5. The van der Waals surface area contributed by atoms with Crippen LogP contribution >= 0.6 is 0 Å². The Morgan fingerprint density at radius 2 is 2.00 bits per heavy atom. The Balaban J connectivity index is 1.93. The number of carbonyl (C=O) groups excluding carboxylic acids is 1. The molecule has 4 heteroatoms. The summed E-state index contributed by atoms with van der Waals surface area (Å²) in [6.07, 6.45) is 6.12. The quantitative estimate of drug-likeness (QED) is 0.662. The SMILES string of the molecule is CCOc1cc(N)cc(C(=O)OCC2CCCCC2)c1. The lowest BCUT2D eigenvalue weighted by molar-refractivity contribution is 0.0410. The number of ether oxygens (including phenoxy) is 2. The van der Waals surface area contributed by atoms with Crippen molar-refractivity contribution in [2.24, 2.45) is 5.92 Å². The number of benzene rings is 1. The summed E-state index contributed by atoms with van der Waals surface area (Å²) >= 11 is 0. The number of hydrogen-bond donors (Lipinski definition) is 1. The Hall–Kier alpha value is -1.71. The molecule has 1 aliphatic rings. The van der Waals surface area contributed by atoms with E-state index in [1.54, 1.807) is 18.2 Å². The molecule has 0 amide bonds. The number of anilines is 1. The molecule has 0 aliphatic heterocycles. The van der Waals surface area contributed by atoms with Crippen molar-refractivity contribution in [2.45, 2.75) is 39.0 Å². The van der Waals surface area contributed by atoms with Gasteiger partial charge in [-0.3, -0.25) is 0 Å². The average molecular weight is 277 g/mol. The minimum atomic E-state index is -0.316. The summed E-state index contributed by atoms with van der Waals surface area (Å²) in [6, 6.07) is 5.02. The summed E-state index contributed by atoms with van der Waals surface area (Å²) in [4.78, 5) is 12.1. The van der Waals surface area contributed by atoms with Gasteiger partial charge in [0, 0.05) is 11.8 Å². The van der Waals surface area contributed by atoms with Crippen molar-refractivity contribution in [3.05, 3.63) is 23.8 Å². The first-order valence-electron chi connectivity index (χ1n) is 7.39. The molecule has 0 heterocycles. The molecule has 4 nitrogen and oxygen atoms in total. The first kappa shape index (κ1) is 14.7. The van der Waals surface area contributed by atoms with E-state index >= 15 is 0 Å². The summed E-state index contributed by atoms with van der Waals surface area (Å²) in [7, 11) is 0. The normalized spacial score (nSPS) is 15.8. The van der Waals surface area contributed by atoms with Gasteiger partial charge in [0.15, 0.2) is 0 Å². The molecule has 1 aromatic carbocycles. The number of esters is 1. The van der Waals surface area contributed by atoms with Gasteiger partial charge in [0.25, 0.3) is 0 Å².